The second-order valence-corrected chi connectivity index (χ2v) is 4.61. The normalized spacial score (nSPS) is 12.3. The molecule has 0 aliphatic rings. The number of phenolic OH excluding ortho intramolecular Hbond substituents is 1. The molecule has 1 atom stereocenters. The van der Waals surface area contributed by atoms with Crippen LogP contribution in [0.1, 0.15) is 22.8 Å². The summed E-state index contributed by atoms with van der Waals surface area (Å²) in [5.41, 5.74) is 4.19. The van der Waals surface area contributed by atoms with E-state index < -0.39 is 12.0 Å². The van der Waals surface area contributed by atoms with Crippen molar-refractivity contribution >= 4 is 12.1 Å². The van der Waals surface area contributed by atoms with Gasteiger partial charge in [-0.25, -0.2) is 5.43 Å². The summed E-state index contributed by atoms with van der Waals surface area (Å²) in [5, 5.41) is 23.2. The van der Waals surface area contributed by atoms with Crippen LogP contribution in [0, 0.1) is 6.92 Å². The summed E-state index contributed by atoms with van der Waals surface area (Å²) < 4.78 is 0. The van der Waals surface area contributed by atoms with E-state index in [1.807, 2.05) is 6.92 Å². The first-order valence-corrected chi connectivity index (χ1v) is 6.43. The number of carbonyl (C=O) groups is 1. The SMILES string of the molecule is Cc1ccc(O)c(/C=N/NC(=O)C(O)c2ccccc2)c1. The Labute approximate surface area is 122 Å². The summed E-state index contributed by atoms with van der Waals surface area (Å²) >= 11 is 0. The highest BCUT2D eigenvalue weighted by Crippen LogP contribution is 2.16. The fourth-order valence-electron chi connectivity index (χ4n) is 1.79. The van der Waals surface area contributed by atoms with Crippen molar-refractivity contribution < 1.29 is 15.0 Å². The number of aliphatic hydroxyl groups is 1. The number of aliphatic hydroxyl groups excluding tert-OH is 1. The third-order valence-electron chi connectivity index (χ3n) is 2.93. The maximum absolute atomic E-state index is 11.7. The number of hydrogen-bond acceptors (Lipinski definition) is 4. The lowest BCUT2D eigenvalue weighted by Gasteiger charge is -2.08. The molecule has 1 unspecified atom stereocenters. The van der Waals surface area contributed by atoms with Crippen LogP contribution in [0.3, 0.4) is 0 Å². The molecule has 0 spiro atoms. The smallest absolute Gasteiger partial charge is 0.273 e. The topological polar surface area (TPSA) is 81.9 Å². The van der Waals surface area contributed by atoms with E-state index in [4.69, 9.17) is 0 Å². The number of amides is 1. The van der Waals surface area contributed by atoms with Gasteiger partial charge in [-0.05, 0) is 24.6 Å². The van der Waals surface area contributed by atoms with Crippen LogP contribution in [0.2, 0.25) is 0 Å². The van der Waals surface area contributed by atoms with E-state index >= 15 is 0 Å². The maximum atomic E-state index is 11.7. The number of hydrazone groups is 1. The van der Waals surface area contributed by atoms with E-state index in [-0.39, 0.29) is 5.75 Å². The lowest BCUT2D eigenvalue weighted by molar-refractivity contribution is -0.129. The van der Waals surface area contributed by atoms with E-state index in [0.717, 1.165) is 5.56 Å². The third kappa shape index (κ3) is 3.90. The number of benzene rings is 2. The number of aromatic hydroxyl groups is 1. The molecule has 0 aliphatic carbocycles. The Kier molecular flexibility index (Phi) is 4.68. The van der Waals surface area contributed by atoms with Crippen LogP contribution in [-0.4, -0.2) is 22.3 Å². The third-order valence-corrected chi connectivity index (χ3v) is 2.93. The highest BCUT2D eigenvalue weighted by molar-refractivity contribution is 5.86. The van der Waals surface area contributed by atoms with Gasteiger partial charge < -0.3 is 10.2 Å². The Morgan fingerprint density at radius 2 is 1.95 bits per heavy atom. The van der Waals surface area contributed by atoms with Crippen molar-refractivity contribution in [3.8, 4) is 5.75 Å². The molecule has 21 heavy (non-hydrogen) atoms. The van der Waals surface area contributed by atoms with Crippen molar-refractivity contribution in [1.82, 2.24) is 5.43 Å². The second kappa shape index (κ2) is 6.67. The predicted molar refractivity (Wildman–Crippen MR) is 80.0 cm³/mol. The fourth-order valence-corrected chi connectivity index (χ4v) is 1.79. The van der Waals surface area contributed by atoms with Crippen LogP contribution in [0.15, 0.2) is 53.6 Å². The fraction of sp³-hybridized carbons (Fsp3) is 0.125. The van der Waals surface area contributed by atoms with Gasteiger partial charge in [0.2, 0.25) is 0 Å². The lowest BCUT2D eigenvalue weighted by Crippen LogP contribution is -2.25. The molecule has 3 N–H and O–H groups in total. The first-order valence-electron chi connectivity index (χ1n) is 6.43. The second-order valence-electron chi connectivity index (χ2n) is 4.61. The minimum Gasteiger partial charge on any atom is -0.507 e. The van der Waals surface area contributed by atoms with Gasteiger partial charge in [-0.15, -0.1) is 0 Å². The minimum absolute atomic E-state index is 0.0715. The molecular weight excluding hydrogens is 268 g/mol. The Morgan fingerprint density at radius 1 is 1.24 bits per heavy atom. The molecule has 0 saturated heterocycles. The van der Waals surface area contributed by atoms with E-state index in [1.54, 1.807) is 48.5 Å². The van der Waals surface area contributed by atoms with Gasteiger partial charge in [-0.3, -0.25) is 4.79 Å². The largest absolute Gasteiger partial charge is 0.507 e. The first kappa shape index (κ1) is 14.7. The molecule has 2 rings (SSSR count). The van der Waals surface area contributed by atoms with Crippen molar-refractivity contribution in [1.29, 1.82) is 0 Å². The van der Waals surface area contributed by atoms with E-state index in [9.17, 15) is 15.0 Å². The van der Waals surface area contributed by atoms with E-state index in [2.05, 4.69) is 10.5 Å². The molecule has 0 bridgehead atoms. The standard InChI is InChI=1S/C16H16N2O3/c1-11-7-8-14(19)13(9-11)10-17-18-16(21)15(20)12-5-3-2-4-6-12/h2-10,15,19-20H,1H3,(H,18,21)/b17-10+. The van der Waals surface area contributed by atoms with Crippen LogP contribution in [-0.2, 0) is 4.79 Å². The van der Waals surface area contributed by atoms with Gasteiger partial charge in [0.15, 0.2) is 6.10 Å². The zero-order valence-corrected chi connectivity index (χ0v) is 11.5. The minimum atomic E-state index is -1.28. The monoisotopic (exact) mass is 284 g/mol. The first-order chi connectivity index (χ1) is 10.1. The number of carbonyl (C=O) groups excluding carboxylic acids is 1. The van der Waals surface area contributed by atoms with Gasteiger partial charge in [-0.2, -0.15) is 5.10 Å². The van der Waals surface area contributed by atoms with Crippen LogP contribution >= 0.6 is 0 Å². The Bertz CT molecular complexity index is 654. The zero-order valence-electron chi connectivity index (χ0n) is 11.5. The molecule has 0 fully saturated rings. The number of nitrogens with one attached hydrogen (secondary N) is 1. The summed E-state index contributed by atoms with van der Waals surface area (Å²) in [6.45, 7) is 1.88. The van der Waals surface area contributed by atoms with Gasteiger partial charge in [0, 0.05) is 5.56 Å². The van der Waals surface area contributed by atoms with Gasteiger partial charge in [0.25, 0.3) is 5.91 Å². The van der Waals surface area contributed by atoms with Crippen molar-refractivity contribution in [2.24, 2.45) is 5.10 Å². The van der Waals surface area contributed by atoms with Gasteiger partial charge in [0.05, 0.1) is 6.21 Å². The average molecular weight is 284 g/mol. The molecule has 0 radical (unpaired) electrons. The summed E-state index contributed by atoms with van der Waals surface area (Å²) in [4.78, 5) is 11.7. The van der Waals surface area contributed by atoms with E-state index in [1.165, 1.54) is 6.21 Å². The molecule has 1 amide bonds. The Hall–Kier alpha value is -2.66. The number of phenols is 1. The van der Waals surface area contributed by atoms with Crippen LogP contribution in [0.4, 0.5) is 0 Å². The lowest BCUT2D eigenvalue weighted by atomic mass is 10.1. The number of hydrogen-bond donors (Lipinski definition) is 3. The summed E-state index contributed by atoms with van der Waals surface area (Å²) in [6, 6.07) is 13.6. The molecule has 0 saturated carbocycles. The number of nitrogens with zero attached hydrogens (tertiary/aromatic N) is 1. The van der Waals surface area contributed by atoms with Crippen LogP contribution in [0.25, 0.3) is 0 Å². The van der Waals surface area contributed by atoms with Crippen molar-refractivity contribution in [2.45, 2.75) is 13.0 Å². The molecule has 5 nitrogen and oxygen atoms in total. The average Bonchev–Trinajstić information content (AvgIpc) is 2.50. The maximum Gasteiger partial charge on any atom is 0.273 e. The van der Waals surface area contributed by atoms with Crippen LogP contribution in [0.5, 0.6) is 5.75 Å². The van der Waals surface area contributed by atoms with Gasteiger partial charge >= 0.3 is 0 Å². The van der Waals surface area contributed by atoms with Crippen molar-refractivity contribution in [3.05, 3.63) is 65.2 Å². The van der Waals surface area contributed by atoms with Crippen molar-refractivity contribution in [2.75, 3.05) is 0 Å². The van der Waals surface area contributed by atoms with E-state index in [0.29, 0.717) is 11.1 Å². The molecule has 0 aliphatic heterocycles. The molecule has 2 aromatic rings. The zero-order chi connectivity index (χ0) is 15.2. The van der Waals surface area contributed by atoms with Crippen LogP contribution < -0.4 is 5.43 Å². The molecule has 108 valence electrons. The number of rotatable bonds is 4. The summed E-state index contributed by atoms with van der Waals surface area (Å²) in [5.74, 6) is -0.563. The quantitative estimate of drug-likeness (QED) is 0.592. The molecular formula is C16H16N2O3. The molecule has 0 heterocycles. The highest BCUT2D eigenvalue weighted by Gasteiger charge is 2.15. The highest BCUT2D eigenvalue weighted by atomic mass is 16.3. The van der Waals surface area contributed by atoms with Crippen molar-refractivity contribution in [3.63, 3.8) is 0 Å². The van der Waals surface area contributed by atoms with Gasteiger partial charge in [-0.1, -0.05) is 42.0 Å². The Morgan fingerprint density at radius 3 is 2.67 bits per heavy atom. The number of aryl methyl sites for hydroxylation is 1. The molecule has 5 heteroatoms. The summed E-state index contributed by atoms with van der Waals surface area (Å²) in [6.07, 6.45) is 0.0484. The van der Waals surface area contributed by atoms with Gasteiger partial charge in [0.1, 0.15) is 5.75 Å². The molecule has 0 aromatic heterocycles. The Balaban J connectivity index is 2.01. The predicted octanol–water partition coefficient (Wildman–Crippen LogP) is 1.88. The molecule has 2 aromatic carbocycles. The summed E-state index contributed by atoms with van der Waals surface area (Å²) in [7, 11) is 0.